The van der Waals surface area contributed by atoms with Crippen molar-refractivity contribution in [1.29, 1.82) is 0 Å². The average molecular weight is 214 g/mol. The first kappa shape index (κ1) is 12.5. The molecule has 0 N–H and O–H groups in total. The van der Waals surface area contributed by atoms with Gasteiger partial charge in [0.25, 0.3) is 0 Å². The quantitative estimate of drug-likeness (QED) is 0.627. The molecule has 4 heteroatoms. The second-order valence-electron chi connectivity index (χ2n) is 4.36. The van der Waals surface area contributed by atoms with Crippen molar-refractivity contribution < 1.29 is 9.53 Å². The van der Waals surface area contributed by atoms with E-state index in [-0.39, 0.29) is 5.97 Å². The van der Waals surface area contributed by atoms with Crippen LogP contribution >= 0.6 is 0 Å². The molecule has 0 aliphatic carbocycles. The molecule has 1 saturated heterocycles. The number of carbonyl (C=O) groups is 1. The van der Waals surface area contributed by atoms with E-state index in [1.807, 2.05) is 19.0 Å². The molecule has 88 valence electrons. The predicted molar refractivity (Wildman–Crippen MR) is 59.8 cm³/mol. The zero-order valence-electron chi connectivity index (χ0n) is 9.87. The summed E-state index contributed by atoms with van der Waals surface area (Å²) in [5.41, 5.74) is 0. The summed E-state index contributed by atoms with van der Waals surface area (Å²) in [4.78, 5) is 15.4. The Labute approximate surface area is 92.2 Å². The van der Waals surface area contributed by atoms with E-state index < -0.39 is 0 Å². The largest absolute Gasteiger partial charge is 0.463 e. The minimum absolute atomic E-state index is 0.128. The molecule has 0 unspecified atom stereocenters. The maximum absolute atomic E-state index is 11.2. The standard InChI is InChI=1S/C11H22N2O2/c1-12(2)10-11(14)15-9-8-13-6-4-3-5-7-13/h3-10H2,1-2H3. The van der Waals surface area contributed by atoms with Crippen LogP contribution in [-0.2, 0) is 9.53 Å². The molecule has 1 heterocycles. The Morgan fingerprint density at radius 1 is 1.27 bits per heavy atom. The van der Waals surface area contributed by atoms with E-state index in [0.717, 1.165) is 19.6 Å². The monoisotopic (exact) mass is 214 g/mol. The highest BCUT2D eigenvalue weighted by molar-refractivity contribution is 5.71. The van der Waals surface area contributed by atoms with Crippen LogP contribution in [0.4, 0.5) is 0 Å². The molecule has 1 aliphatic rings. The first-order chi connectivity index (χ1) is 7.18. The van der Waals surface area contributed by atoms with Gasteiger partial charge in [-0.05, 0) is 40.0 Å². The fourth-order valence-electron chi connectivity index (χ4n) is 1.78. The molecule has 0 atom stereocenters. The highest BCUT2D eigenvalue weighted by Gasteiger charge is 2.10. The smallest absolute Gasteiger partial charge is 0.320 e. The molecule has 1 rings (SSSR count). The number of ether oxygens (including phenoxy) is 1. The normalized spacial score (nSPS) is 18.1. The summed E-state index contributed by atoms with van der Waals surface area (Å²) < 4.78 is 5.13. The second kappa shape index (κ2) is 6.80. The topological polar surface area (TPSA) is 32.8 Å². The third-order valence-electron chi connectivity index (χ3n) is 2.56. The Morgan fingerprint density at radius 2 is 1.93 bits per heavy atom. The van der Waals surface area contributed by atoms with Crippen molar-refractivity contribution in [2.45, 2.75) is 19.3 Å². The van der Waals surface area contributed by atoms with Crippen LogP contribution in [0.1, 0.15) is 19.3 Å². The predicted octanol–water partition coefficient (Wildman–Crippen LogP) is 0.577. The van der Waals surface area contributed by atoms with Gasteiger partial charge in [-0.15, -0.1) is 0 Å². The lowest BCUT2D eigenvalue weighted by molar-refractivity contribution is -0.144. The molecule has 0 aromatic heterocycles. The lowest BCUT2D eigenvalue weighted by atomic mass is 10.1. The van der Waals surface area contributed by atoms with Crippen molar-refractivity contribution in [2.24, 2.45) is 0 Å². The van der Waals surface area contributed by atoms with Crippen LogP contribution in [0.3, 0.4) is 0 Å². The van der Waals surface area contributed by atoms with Crippen molar-refractivity contribution >= 4 is 5.97 Å². The molecule has 0 spiro atoms. The molecule has 0 aromatic carbocycles. The van der Waals surface area contributed by atoms with Gasteiger partial charge >= 0.3 is 5.97 Å². The Balaban J connectivity index is 2.02. The van der Waals surface area contributed by atoms with Crippen LogP contribution < -0.4 is 0 Å². The minimum Gasteiger partial charge on any atom is -0.463 e. The Hall–Kier alpha value is -0.610. The van der Waals surface area contributed by atoms with E-state index in [1.54, 1.807) is 0 Å². The van der Waals surface area contributed by atoms with Crippen LogP contribution in [0.5, 0.6) is 0 Å². The highest BCUT2D eigenvalue weighted by atomic mass is 16.5. The third kappa shape index (κ3) is 5.74. The summed E-state index contributed by atoms with van der Waals surface area (Å²) in [5, 5.41) is 0. The van der Waals surface area contributed by atoms with Crippen LogP contribution in [0.2, 0.25) is 0 Å². The fourth-order valence-corrected chi connectivity index (χ4v) is 1.78. The zero-order valence-corrected chi connectivity index (χ0v) is 9.87. The molecule has 1 fully saturated rings. The van der Waals surface area contributed by atoms with E-state index in [0.29, 0.717) is 13.2 Å². The maximum atomic E-state index is 11.2. The van der Waals surface area contributed by atoms with Crippen molar-refractivity contribution in [3.63, 3.8) is 0 Å². The van der Waals surface area contributed by atoms with E-state index in [1.165, 1.54) is 19.3 Å². The van der Waals surface area contributed by atoms with Crippen molar-refractivity contribution in [1.82, 2.24) is 9.80 Å². The van der Waals surface area contributed by atoms with Gasteiger partial charge < -0.3 is 4.74 Å². The van der Waals surface area contributed by atoms with Gasteiger partial charge in [-0.1, -0.05) is 6.42 Å². The molecule has 15 heavy (non-hydrogen) atoms. The van der Waals surface area contributed by atoms with Gasteiger partial charge in [-0.3, -0.25) is 14.6 Å². The van der Waals surface area contributed by atoms with Gasteiger partial charge in [0.15, 0.2) is 0 Å². The lowest BCUT2D eigenvalue weighted by Crippen LogP contribution is -2.34. The molecular weight excluding hydrogens is 192 g/mol. The number of nitrogens with zero attached hydrogens (tertiary/aromatic N) is 2. The SMILES string of the molecule is CN(C)CC(=O)OCCN1CCCCC1. The summed E-state index contributed by atoms with van der Waals surface area (Å²) in [7, 11) is 3.73. The van der Waals surface area contributed by atoms with Crippen LogP contribution in [0.15, 0.2) is 0 Å². The van der Waals surface area contributed by atoms with Gasteiger partial charge in [0.2, 0.25) is 0 Å². The van der Waals surface area contributed by atoms with Crippen molar-refractivity contribution in [2.75, 3.05) is 46.9 Å². The number of likely N-dealkylation sites (N-methyl/N-ethyl adjacent to an activating group) is 1. The molecule has 0 bridgehead atoms. The van der Waals surface area contributed by atoms with E-state index in [4.69, 9.17) is 4.74 Å². The fraction of sp³-hybridized carbons (Fsp3) is 0.909. The lowest BCUT2D eigenvalue weighted by Gasteiger charge is -2.26. The summed E-state index contributed by atoms with van der Waals surface area (Å²) in [6.07, 6.45) is 3.91. The van der Waals surface area contributed by atoms with Gasteiger partial charge in [0, 0.05) is 6.54 Å². The van der Waals surface area contributed by atoms with Gasteiger partial charge in [0.1, 0.15) is 6.61 Å². The van der Waals surface area contributed by atoms with Crippen LogP contribution in [0, 0.1) is 0 Å². The number of hydrogen-bond donors (Lipinski definition) is 0. The maximum Gasteiger partial charge on any atom is 0.320 e. The van der Waals surface area contributed by atoms with Gasteiger partial charge in [0.05, 0.1) is 6.54 Å². The number of piperidine rings is 1. The summed E-state index contributed by atoms with van der Waals surface area (Å²) in [5.74, 6) is -0.128. The van der Waals surface area contributed by atoms with Crippen molar-refractivity contribution in [3.05, 3.63) is 0 Å². The van der Waals surface area contributed by atoms with E-state index >= 15 is 0 Å². The Kier molecular flexibility index (Phi) is 5.65. The zero-order chi connectivity index (χ0) is 11.1. The summed E-state index contributed by atoms with van der Waals surface area (Å²) in [6, 6.07) is 0. The molecule has 0 amide bonds. The van der Waals surface area contributed by atoms with Crippen molar-refractivity contribution in [3.8, 4) is 0 Å². The molecule has 1 aliphatic heterocycles. The second-order valence-corrected chi connectivity index (χ2v) is 4.36. The number of carbonyl (C=O) groups excluding carboxylic acids is 1. The average Bonchev–Trinajstić information content (AvgIpc) is 2.18. The molecule has 4 nitrogen and oxygen atoms in total. The Morgan fingerprint density at radius 3 is 2.53 bits per heavy atom. The number of rotatable bonds is 5. The highest BCUT2D eigenvalue weighted by Crippen LogP contribution is 2.07. The minimum atomic E-state index is -0.128. The van der Waals surface area contributed by atoms with Gasteiger partial charge in [-0.2, -0.15) is 0 Å². The summed E-state index contributed by atoms with van der Waals surface area (Å²) in [6.45, 7) is 4.11. The number of likely N-dealkylation sites (tertiary alicyclic amines) is 1. The third-order valence-corrected chi connectivity index (χ3v) is 2.56. The number of hydrogen-bond acceptors (Lipinski definition) is 4. The first-order valence-electron chi connectivity index (χ1n) is 5.71. The van der Waals surface area contributed by atoms with E-state index in [2.05, 4.69) is 4.90 Å². The first-order valence-corrected chi connectivity index (χ1v) is 5.71. The molecular formula is C11H22N2O2. The van der Waals surface area contributed by atoms with Crippen LogP contribution in [0.25, 0.3) is 0 Å². The number of esters is 1. The van der Waals surface area contributed by atoms with E-state index in [9.17, 15) is 4.79 Å². The Bertz CT molecular complexity index is 189. The molecule has 0 radical (unpaired) electrons. The molecule has 0 aromatic rings. The van der Waals surface area contributed by atoms with Crippen LogP contribution in [-0.4, -0.2) is 62.7 Å². The molecule has 0 saturated carbocycles. The summed E-state index contributed by atoms with van der Waals surface area (Å²) >= 11 is 0. The van der Waals surface area contributed by atoms with Gasteiger partial charge in [-0.25, -0.2) is 0 Å².